The van der Waals surface area contributed by atoms with E-state index < -0.39 is 37.2 Å². The van der Waals surface area contributed by atoms with E-state index in [0.29, 0.717) is 0 Å². The van der Waals surface area contributed by atoms with Crippen LogP contribution in [-0.4, -0.2) is 47.7 Å². The first-order valence-corrected chi connectivity index (χ1v) is 18.5. The third-order valence-corrected chi connectivity index (χ3v) is 4.76. The van der Waals surface area contributed by atoms with Crippen molar-refractivity contribution in [3.63, 3.8) is 0 Å². The van der Waals surface area contributed by atoms with Crippen LogP contribution < -0.4 is 0 Å². The molecule has 0 aliphatic rings. The molecule has 0 aromatic carbocycles. The Hall–Kier alpha value is -0.562. The lowest BCUT2D eigenvalue weighted by Gasteiger charge is -2.30. The predicted octanol–water partition coefficient (Wildman–Crippen LogP) is 3.70. The highest BCUT2D eigenvalue weighted by atomic mass is 28.4. The van der Waals surface area contributed by atoms with Crippen molar-refractivity contribution in [1.82, 2.24) is 0 Å². The number of hydrogen-bond acceptors (Lipinski definition) is 6. The number of carbonyl (C=O) groups is 1. The highest BCUT2D eigenvalue weighted by Gasteiger charge is 2.34. The molecule has 0 amide bonds. The number of hydrogen-bond donors (Lipinski definition) is 0. The zero-order chi connectivity index (χ0) is 19.3. The van der Waals surface area contributed by atoms with Crippen molar-refractivity contribution in [3.8, 4) is 0 Å². The molecule has 0 aromatic heterocycles. The van der Waals surface area contributed by atoms with Gasteiger partial charge in [-0.1, -0.05) is 0 Å². The summed E-state index contributed by atoms with van der Waals surface area (Å²) in [5, 5.41) is 0. The first-order valence-electron chi connectivity index (χ1n) is 7.89. The van der Waals surface area contributed by atoms with Crippen LogP contribution in [0.15, 0.2) is 11.7 Å². The fourth-order valence-electron chi connectivity index (χ4n) is 1.37. The van der Waals surface area contributed by atoms with Crippen LogP contribution in [0.4, 0.5) is 0 Å². The smallest absolute Gasteiger partial charge is 0.382 e. The first-order chi connectivity index (χ1) is 10.5. The van der Waals surface area contributed by atoms with Crippen LogP contribution in [0.3, 0.4) is 0 Å². The van der Waals surface area contributed by atoms with Crippen molar-refractivity contribution in [2.24, 2.45) is 0 Å². The van der Waals surface area contributed by atoms with Gasteiger partial charge >= 0.3 is 11.9 Å². The molecule has 0 aromatic rings. The summed E-state index contributed by atoms with van der Waals surface area (Å²) in [6, 6.07) is 0. The van der Waals surface area contributed by atoms with Crippen molar-refractivity contribution in [3.05, 3.63) is 11.7 Å². The second-order valence-corrected chi connectivity index (χ2v) is 21.9. The van der Waals surface area contributed by atoms with Crippen molar-refractivity contribution >= 4 is 41.4 Å². The van der Waals surface area contributed by atoms with Crippen molar-refractivity contribution in [1.29, 1.82) is 0 Å². The molecule has 0 saturated carbocycles. The van der Waals surface area contributed by atoms with Gasteiger partial charge in [0.15, 0.2) is 6.29 Å². The van der Waals surface area contributed by atoms with Crippen LogP contribution in [0.2, 0.25) is 58.9 Å². The Morgan fingerprint density at radius 2 is 1.17 bits per heavy atom. The maximum atomic E-state index is 12.6. The molecule has 1 unspecified atom stereocenters. The van der Waals surface area contributed by atoms with Gasteiger partial charge in [-0.25, -0.2) is 4.79 Å². The molecule has 0 rings (SSSR count). The Bertz CT molecular complexity index is 441. The van der Waals surface area contributed by atoms with Gasteiger partial charge in [-0.15, -0.1) is 0 Å². The maximum absolute atomic E-state index is 12.6. The zero-order valence-corrected chi connectivity index (χ0v) is 20.5. The Balaban J connectivity index is 5.95. The summed E-state index contributed by atoms with van der Waals surface area (Å²) >= 11 is 0. The molecule has 0 saturated heterocycles. The summed E-state index contributed by atoms with van der Waals surface area (Å²) in [6.07, 6.45) is -0.769. The van der Waals surface area contributed by atoms with Crippen molar-refractivity contribution in [2.75, 3.05) is 0 Å². The van der Waals surface area contributed by atoms with Crippen LogP contribution in [-0.2, 0) is 27.2 Å². The Morgan fingerprint density at radius 3 is 1.46 bits per heavy atom. The number of rotatable bonds is 9. The van der Waals surface area contributed by atoms with Gasteiger partial charge in [0.05, 0.1) is 0 Å². The topological polar surface area (TPSA) is 63.2 Å². The van der Waals surface area contributed by atoms with Crippen LogP contribution in [0.1, 0.15) is 6.92 Å². The average molecular weight is 408 g/mol. The second kappa shape index (κ2) is 8.69. The summed E-state index contributed by atoms with van der Waals surface area (Å²) in [5.41, 5.74) is 0. The second-order valence-electron chi connectivity index (χ2n) is 8.35. The minimum absolute atomic E-state index is 0.00502. The molecule has 1 atom stereocenters. The van der Waals surface area contributed by atoms with Gasteiger partial charge in [0.25, 0.3) is 16.2 Å². The van der Waals surface area contributed by atoms with Crippen LogP contribution in [0, 0.1) is 0 Å². The largest absolute Gasteiger partial charge is 0.535 e. The minimum atomic E-state index is -2.10. The summed E-state index contributed by atoms with van der Waals surface area (Å²) < 4.78 is 28.1. The van der Waals surface area contributed by atoms with Crippen molar-refractivity contribution in [2.45, 2.75) is 72.1 Å². The Kier molecular flexibility index (Phi) is 8.49. The molecule has 0 heterocycles. The van der Waals surface area contributed by atoms with E-state index in [0.717, 1.165) is 0 Å². The Labute approximate surface area is 152 Å². The number of carbonyl (C=O) groups excluding carboxylic acids is 1. The normalized spacial score (nSPS) is 13.8. The van der Waals surface area contributed by atoms with Crippen LogP contribution in [0.25, 0.3) is 0 Å². The van der Waals surface area contributed by atoms with Gasteiger partial charge in [-0.2, -0.15) is 0 Å². The molecule has 0 bridgehead atoms. The molecule has 0 aliphatic heterocycles. The lowest BCUT2D eigenvalue weighted by Crippen LogP contribution is -2.36. The molecule has 0 aliphatic carbocycles. The molecular formula is C14H31O6Si4. The van der Waals surface area contributed by atoms with E-state index in [2.05, 4.69) is 10.5 Å². The van der Waals surface area contributed by atoms with E-state index in [1.807, 2.05) is 58.9 Å². The van der Waals surface area contributed by atoms with E-state index in [1.54, 1.807) is 6.92 Å². The van der Waals surface area contributed by atoms with E-state index in [-0.39, 0.29) is 11.7 Å². The summed E-state index contributed by atoms with van der Waals surface area (Å²) in [6.45, 7) is 19.6. The monoisotopic (exact) mass is 407 g/mol. The number of ether oxygens (including phenoxy) is 1. The highest BCUT2D eigenvalue weighted by Crippen LogP contribution is 2.24. The van der Waals surface area contributed by atoms with E-state index in [1.165, 1.54) is 0 Å². The van der Waals surface area contributed by atoms with Crippen molar-refractivity contribution < 1.29 is 27.2 Å². The first kappa shape index (κ1) is 23.4. The lowest BCUT2D eigenvalue weighted by atomic mass is 10.5. The predicted molar refractivity (Wildman–Crippen MR) is 103 cm³/mol. The van der Waals surface area contributed by atoms with Gasteiger partial charge < -0.3 is 22.4 Å². The van der Waals surface area contributed by atoms with E-state index in [4.69, 9.17) is 22.4 Å². The maximum Gasteiger partial charge on any atom is 0.382 e. The molecule has 0 spiro atoms. The molecule has 139 valence electrons. The third-order valence-electron chi connectivity index (χ3n) is 2.02. The molecule has 0 fully saturated rings. The summed E-state index contributed by atoms with van der Waals surface area (Å²) in [5.74, 6) is -0.522. The third kappa shape index (κ3) is 11.1. The summed E-state index contributed by atoms with van der Waals surface area (Å²) in [4.78, 5) is 12.6. The van der Waals surface area contributed by atoms with E-state index in [9.17, 15) is 4.79 Å². The standard InChI is InChI=1S/C14H31O6Si4/c1-11(17-21)16-13(15)12(18-22(2,3)4)14(19-23(5,6)7)20-24(8,9)10/h11H,1-10H3. The van der Waals surface area contributed by atoms with Gasteiger partial charge in [0.2, 0.25) is 25.0 Å². The van der Waals surface area contributed by atoms with Crippen LogP contribution >= 0.6 is 0 Å². The van der Waals surface area contributed by atoms with Gasteiger partial charge in [0.1, 0.15) is 0 Å². The van der Waals surface area contributed by atoms with Gasteiger partial charge in [-0.3, -0.25) is 0 Å². The molecule has 3 radical (unpaired) electrons. The quantitative estimate of drug-likeness (QED) is 0.191. The average Bonchev–Trinajstić information content (AvgIpc) is 2.30. The molecular weight excluding hydrogens is 376 g/mol. The SMILES string of the molecule is CC(O[Si])OC(=O)C(O[Si](C)(C)C)=C(O[Si](C)(C)C)O[Si](C)(C)C. The summed E-state index contributed by atoms with van der Waals surface area (Å²) in [7, 11) is -3.29. The zero-order valence-electron chi connectivity index (χ0n) is 16.5. The fourth-order valence-corrected chi connectivity index (χ4v) is 3.66. The van der Waals surface area contributed by atoms with Crippen LogP contribution in [0.5, 0.6) is 0 Å². The minimum Gasteiger partial charge on any atom is -0.535 e. The van der Waals surface area contributed by atoms with E-state index >= 15 is 0 Å². The van der Waals surface area contributed by atoms with Gasteiger partial charge in [0, 0.05) is 0 Å². The lowest BCUT2D eigenvalue weighted by molar-refractivity contribution is -0.159. The van der Waals surface area contributed by atoms with Gasteiger partial charge in [-0.05, 0) is 65.8 Å². The molecule has 0 N–H and O–H groups in total. The Morgan fingerprint density at radius 1 is 0.792 bits per heavy atom. The molecule has 10 heteroatoms. The highest BCUT2D eigenvalue weighted by molar-refractivity contribution is 6.71. The fraction of sp³-hybridized carbons (Fsp3) is 0.786. The molecule has 24 heavy (non-hydrogen) atoms. The number of esters is 1. The molecule has 6 nitrogen and oxygen atoms in total.